The highest BCUT2D eigenvalue weighted by Gasteiger charge is 2.31. The maximum absolute atomic E-state index is 11.8. The highest BCUT2D eigenvalue weighted by molar-refractivity contribution is 7.89. The first-order valence-corrected chi connectivity index (χ1v) is 6.16. The molecule has 1 rings (SSSR count). The molecule has 1 amide bonds. The van der Waals surface area contributed by atoms with E-state index < -0.39 is 27.0 Å². The lowest BCUT2D eigenvalue weighted by Crippen LogP contribution is -2.52. The smallest absolute Gasteiger partial charge is 0.247 e. The molecule has 0 saturated carbocycles. The van der Waals surface area contributed by atoms with Crippen LogP contribution in [0.1, 0.15) is 13.8 Å². The Balaban J connectivity index is 3.09. The largest absolute Gasteiger partial charge is 0.368 e. The molecule has 8 heteroatoms. The molecule has 0 unspecified atom stereocenters. The first-order chi connectivity index (χ1) is 7.65. The Labute approximate surface area is 98.1 Å². The van der Waals surface area contributed by atoms with Crippen LogP contribution in [0, 0.1) is 0 Å². The van der Waals surface area contributed by atoms with Gasteiger partial charge in [-0.15, -0.1) is 0 Å². The average molecular weight is 259 g/mol. The van der Waals surface area contributed by atoms with Gasteiger partial charge in [-0.2, -0.15) is 4.72 Å². The van der Waals surface area contributed by atoms with Crippen molar-refractivity contribution in [1.29, 1.82) is 0 Å². The lowest BCUT2D eigenvalue weighted by atomic mass is 10.1. The number of hydrogen-bond acceptors (Lipinski definition) is 4. The Bertz CT molecular complexity index is 568. The van der Waals surface area contributed by atoms with Crippen LogP contribution in [0.4, 0.5) is 0 Å². The molecule has 94 valence electrons. The molecule has 4 N–H and O–H groups in total. The number of carbonyl (C=O) groups excluding carboxylic acids is 1. The normalized spacial score (nSPS) is 12.4. The summed E-state index contributed by atoms with van der Waals surface area (Å²) in [5.74, 6) is -0.800. The van der Waals surface area contributed by atoms with Gasteiger partial charge in [-0.3, -0.25) is 9.59 Å². The number of nitrogens with two attached hydrogens (primary N) is 1. The van der Waals surface area contributed by atoms with Crippen LogP contribution in [0.5, 0.6) is 0 Å². The van der Waals surface area contributed by atoms with Crippen LogP contribution in [0.15, 0.2) is 28.0 Å². The molecule has 0 radical (unpaired) electrons. The van der Waals surface area contributed by atoms with Crippen LogP contribution in [0.3, 0.4) is 0 Å². The molecule has 0 fully saturated rings. The van der Waals surface area contributed by atoms with Crippen molar-refractivity contribution < 1.29 is 13.2 Å². The quantitative estimate of drug-likeness (QED) is 0.636. The lowest BCUT2D eigenvalue weighted by Gasteiger charge is -2.21. The van der Waals surface area contributed by atoms with E-state index in [0.29, 0.717) is 0 Å². The number of aromatic nitrogens is 1. The van der Waals surface area contributed by atoms with Crippen molar-refractivity contribution >= 4 is 15.9 Å². The van der Waals surface area contributed by atoms with Gasteiger partial charge in [0.05, 0.1) is 4.90 Å². The van der Waals surface area contributed by atoms with E-state index in [-0.39, 0.29) is 4.90 Å². The molecular formula is C9H13N3O4S. The number of hydrogen-bond donors (Lipinski definition) is 3. The van der Waals surface area contributed by atoms with E-state index in [1.54, 1.807) is 0 Å². The number of nitrogens with one attached hydrogen (secondary N) is 2. The third-order valence-electron chi connectivity index (χ3n) is 2.07. The van der Waals surface area contributed by atoms with Crippen molar-refractivity contribution in [2.24, 2.45) is 5.73 Å². The third-order valence-corrected chi connectivity index (χ3v) is 3.73. The summed E-state index contributed by atoms with van der Waals surface area (Å²) in [6, 6.07) is 2.21. The molecule has 0 aromatic carbocycles. The monoisotopic (exact) mass is 259 g/mol. The van der Waals surface area contributed by atoms with Crippen LogP contribution in [0.25, 0.3) is 0 Å². The predicted octanol–water partition coefficient (Wildman–Crippen LogP) is -1.08. The fourth-order valence-corrected chi connectivity index (χ4v) is 2.36. The van der Waals surface area contributed by atoms with Gasteiger partial charge in [-0.1, -0.05) is 0 Å². The highest BCUT2D eigenvalue weighted by Crippen LogP contribution is 2.10. The van der Waals surface area contributed by atoms with E-state index in [0.717, 1.165) is 18.3 Å². The second-order valence-electron chi connectivity index (χ2n) is 3.98. The van der Waals surface area contributed by atoms with Crippen molar-refractivity contribution in [1.82, 2.24) is 9.71 Å². The van der Waals surface area contributed by atoms with Crippen molar-refractivity contribution in [3.63, 3.8) is 0 Å². The second-order valence-corrected chi connectivity index (χ2v) is 5.67. The molecule has 0 aliphatic rings. The summed E-state index contributed by atoms with van der Waals surface area (Å²) >= 11 is 0. The number of amides is 1. The standard InChI is InChI=1S/C9H13N3O4S/c1-9(2,8(10)14)12-17(15,16)6-3-4-7(13)11-5-6/h3-5,12H,1-2H3,(H2,10,14)(H,11,13). The molecule has 0 aliphatic heterocycles. The molecule has 7 nitrogen and oxygen atoms in total. The molecule has 17 heavy (non-hydrogen) atoms. The van der Waals surface area contributed by atoms with Crippen molar-refractivity contribution in [3.8, 4) is 0 Å². The minimum absolute atomic E-state index is 0.147. The van der Waals surface area contributed by atoms with Crippen LogP contribution in [-0.4, -0.2) is 24.8 Å². The first kappa shape index (κ1) is 13.4. The average Bonchev–Trinajstić information content (AvgIpc) is 2.16. The Kier molecular flexibility index (Phi) is 3.39. The molecular weight excluding hydrogens is 246 g/mol. The molecule has 1 aromatic rings. The van der Waals surface area contributed by atoms with E-state index in [9.17, 15) is 18.0 Å². The van der Waals surface area contributed by atoms with Crippen molar-refractivity contribution in [2.75, 3.05) is 0 Å². The summed E-state index contributed by atoms with van der Waals surface area (Å²) in [7, 11) is -3.90. The molecule has 1 aromatic heterocycles. The predicted molar refractivity (Wildman–Crippen MR) is 60.7 cm³/mol. The van der Waals surface area contributed by atoms with Crippen LogP contribution in [0.2, 0.25) is 0 Å². The van der Waals surface area contributed by atoms with Gasteiger partial charge in [-0.25, -0.2) is 8.42 Å². The van der Waals surface area contributed by atoms with Crippen molar-refractivity contribution in [2.45, 2.75) is 24.3 Å². The van der Waals surface area contributed by atoms with Gasteiger partial charge >= 0.3 is 0 Å². The summed E-state index contributed by atoms with van der Waals surface area (Å²) in [4.78, 5) is 23.9. The summed E-state index contributed by atoms with van der Waals surface area (Å²) in [5, 5.41) is 0. The Morgan fingerprint density at radius 3 is 2.41 bits per heavy atom. The van der Waals surface area contributed by atoms with E-state index in [1.165, 1.54) is 13.8 Å². The first-order valence-electron chi connectivity index (χ1n) is 4.68. The van der Waals surface area contributed by atoms with Crippen LogP contribution < -0.4 is 16.0 Å². The van der Waals surface area contributed by atoms with Gasteiger partial charge < -0.3 is 10.7 Å². The highest BCUT2D eigenvalue weighted by atomic mass is 32.2. The number of primary amides is 1. The molecule has 0 aliphatic carbocycles. The number of sulfonamides is 1. The Hall–Kier alpha value is -1.67. The van der Waals surface area contributed by atoms with E-state index in [2.05, 4.69) is 9.71 Å². The van der Waals surface area contributed by atoms with Gasteiger partial charge in [0.25, 0.3) is 0 Å². The minimum atomic E-state index is -3.90. The van der Waals surface area contributed by atoms with E-state index in [4.69, 9.17) is 5.73 Å². The van der Waals surface area contributed by atoms with Crippen LogP contribution >= 0.6 is 0 Å². The zero-order valence-electron chi connectivity index (χ0n) is 9.35. The van der Waals surface area contributed by atoms with Gasteiger partial charge in [0.2, 0.25) is 21.5 Å². The minimum Gasteiger partial charge on any atom is -0.368 e. The fraction of sp³-hybridized carbons (Fsp3) is 0.333. The molecule has 1 heterocycles. The number of rotatable bonds is 4. The van der Waals surface area contributed by atoms with Gasteiger partial charge in [0.1, 0.15) is 5.54 Å². The number of pyridine rings is 1. The molecule has 0 spiro atoms. The zero-order valence-corrected chi connectivity index (χ0v) is 10.2. The number of carbonyl (C=O) groups is 1. The fourth-order valence-electron chi connectivity index (χ4n) is 1.01. The van der Waals surface area contributed by atoms with E-state index >= 15 is 0 Å². The number of H-pyrrole nitrogens is 1. The molecule has 0 bridgehead atoms. The summed E-state index contributed by atoms with van der Waals surface area (Å²) in [5.41, 5.74) is 3.23. The van der Waals surface area contributed by atoms with E-state index in [1.807, 2.05) is 0 Å². The van der Waals surface area contributed by atoms with Gasteiger partial charge in [-0.05, 0) is 19.9 Å². The maximum atomic E-state index is 11.8. The summed E-state index contributed by atoms with van der Waals surface area (Å²) in [6.07, 6.45) is 1.04. The summed E-state index contributed by atoms with van der Waals surface area (Å²) < 4.78 is 25.8. The van der Waals surface area contributed by atoms with Gasteiger partial charge in [0, 0.05) is 12.3 Å². The Morgan fingerprint density at radius 1 is 1.41 bits per heavy atom. The third kappa shape index (κ3) is 3.14. The second kappa shape index (κ2) is 4.30. The Morgan fingerprint density at radius 2 is 2.00 bits per heavy atom. The van der Waals surface area contributed by atoms with Crippen LogP contribution in [-0.2, 0) is 14.8 Å². The SMILES string of the molecule is CC(C)(NS(=O)(=O)c1ccc(=O)[nH]c1)C(N)=O. The topological polar surface area (TPSA) is 122 Å². The summed E-state index contributed by atoms with van der Waals surface area (Å²) in [6.45, 7) is 2.69. The van der Waals surface area contributed by atoms with Crippen molar-refractivity contribution in [3.05, 3.63) is 28.7 Å². The van der Waals surface area contributed by atoms with Gasteiger partial charge in [0.15, 0.2) is 0 Å². The maximum Gasteiger partial charge on any atom is 0.247 e. The lowest BCUT2D eigenvalue weighted by molar-refractivity contribution is -0.122. The number of aromatic amines is 1. The molecule has 0 atom stereocenters. The molecule has 0 saturated heterocycles. The zero-order chi connectivity index (χ0) is 13.3.